The van der Waals surface area contributed by atoms with Crippen LogP contribution in [0.4, 0.5) is 11.6 Å². The maximum Gasteiger partial charge on any atom is 0.335 e. The number of nitrogens with one attached hydrogen (secondary N) is 1. The van der Waals surface area contributed by atoms with E-state index in [9.17, 15) is 4.79 Å². The molecule has 0 amide bonds. The Morgan fingerprint density at radius 2 is 1.73 bits per heavy atom. The molecule has 0 bridgehead atoms. The van der Waals surface area contributed by atoms with E-state index >= 15 is 0 Å². The summed E-state index contributed by atoms with van der Waals surface area (Å²) in [4.78, 5) is 25.1. The highest BCUT2D eigenvalue weighted by Crippen LogP contribution is 2.33. The van der Waals surface area contributed by atoms with E-state index in [4.69, 9.17) is 26.7 Å². The molecule has 0 atom stereocenters. The molecule has 1 aliphatic heterocycles. The Morgan fingerprint density at radius 1 is 0.970 bits per heavy atom. The van der Waals surface area contributed by atoms with Gasteiger partial charge < -0.3 is 10.4 Å². The van der Waals surface area contributed by atoms with Gasteiger partial charge in [0.1, 0.15) is 0 Å². The highest BCUT2D eigenvalue weighted by Gasteiger charge is 2.21. The molecule has 0 aliphatic carbocycles. The van der Waals surface area contributed by atoms with E-state index in [1.807, 2.05) is 48.5 Å². The van der Waals surface area contributed by atoms with E-state index in [1.165, 1.54) is 12.1 Å². The van der Waals surface area contributed by atoms with Crippen molar-refractivity contribution in [3.8, 4) is 11.3 Å². The van der Waals surface area contributed by atoms with Crippen molar-refractivity contribution in [1.29, 1.82) is 0 Å². The Morgan fingerprint density at radius 3 is 2.45 bits per heavy atom. The second-order valence-electron chi connectivity index (χ2n) is 7.30. The van der Waals surface area contributed by atoms with Crippen LogP contribution >= 0.6 is 11.6 Å². The number of aliphatic imine (C=N–C) groups is 1. The highest BCUT2D eigenvalue weighted by atomic mass is 35.5. The van der Waals surface area contributed by atoms with Gasteiger partial charge in [0.25, 0.3) is 0 Å². The first-order valence-corrected chi connectivity index (χ1v) is 10.3. The number of anilines is 2. The molecule has 6 nitrogen and oxygen atoms in total. The van der Waals surface area contributed by atoms with Crippen LogP contribution in [0.3, 0.4) is 0 Å². The lowest BCUT2D eigenvalue weighted by atomic mass is 9.95. The Labute approximate surface area is 196 Å². The van der Waals surface area contributed by atoms with Crippen molar-refractivity contribution in [2.24, 2.45) is 4.99 Å². The molecule has 0 spiro atoms. The number of nitrogens with zero attached hydrogens (tertiary/aromatic N) is 3. The molecule has 2 heterocycles. The van der Waals surface area contributed by atoms with Crippen molar-refractivity contribution in [3.05, 3.63) is 106 Å². The molecular formula is C26H21ClN4O2. The third-order valence-corrected chi connectivity index (χ3v) is 5.43. The monoisotopic (exact) mass is 456 g/mol. The number of carboxylic acids is 1. The topological polar surface area (TPSA) is 87.5 Å². The minimum atomic E-state index is -0.970. The second kappa shape index (κ2) is 9.22. The van der Waals surface area contributed by atoms with Crippen LogP contribution in [-0.4, -0.2) is 26.8 Å². The van der Waals surface area contributed by atoms with Gasteiger partial charge in [-0.25, -0.2) is 14.8 Å². The van der Waals surface area contributed by atoms with Crippen molar-refractivity contribution in [3.63, 3.8) is 0 Å². The fourth-order valence-electron chi connectivity index (χ4n) is 3.65. The largest absolute Gasteiger partial charge is 0.478 e. The number of carboxylic acid groups (broad SMARTS) is 1. The van der Waals surface area contributed by atoms with Gasteiger partial charge in [-0.2, -0.15) is 0 Å². The lowest BCUT2D eigenvalue weighted by Gasteiger charge is -2.12. The molecule has 0 saturated carbocycles. The molecule has 1 aliphatic rings. The van der Waals surface area contributed by atoms with E-state index in [2.05, 4.69) is 10.3 Å². The molecule has 5 rings (SSSR count). The zero-order chi connectivity index (χ0) is 22.1. The highest BCUT2D eigenvalue weighted by molar-refractivity contribution is 6.31. The Balaban J connectivity index is 0.00000259. The zero-order valence-corrected chi connectivity index (χ0v) is 17.5. The van der Waals surface area contributed by atoms with E-state index in [-0.39, 0.29) is 13.0 Å². The molecule has 33 heavy (non-hydrogen) atoms. The third kappa shape index (κ3) is 4.47. The van der Waals surface area contributed by atoms with Crippen LogP contribution in [-0.2, 0) is 6.54 Å². The average molecular weight is 457 g/mol. The van der Waals surface area contributed by atoms with Gasteiger partial charge in [-0.15, -0.1) is 0 Å². The minimum absolute atomic E-state index is 0. The third-order valence-electron chi connectivity index (χ3n) is 5.20. The lowest BCUT2D eigenvalue weighted by molar-refractivity contribution is 0.0697. The second-order valence-corrected chi connectivity index (χ2v) is 7.73. The van der Waals surface area contributed by atoms with E-state index in [0.717, 1.165) is 33.7 Å². The molecule has 0 fully saturated rings. The summed E-state index contributed by atoms with van der Waals surface area (Å²) < 4.78 is 0. The molecule has 0 saturated heterocycles. The lowest BCUT2D eigenvalue weighted by Crippen LogP contribution is -2.05. The smallest absolute Gasteiger partial charge is 0.335 e. The minimum Gasteiger partial charge on any atom is -0.478 e. The van der Waals surface area contributed by atoms with E-state index in [0.29, 0.717) is 23.2 Å². The summed E-state index contributed by atoms with van der Waals surface area (Å²) >= 11 is 6.34. The van der Waals surface area contributed by atoms with Gasteiger partial charge in [0.2, 0.25) is 5.95 Å². The number of rotatable bonds is 4. The van der Waals surface area contributed by atoms with Gasteiger partial charge >= 0.3 is 5.97 Å². The van der Waals surface area contributed by atoms with Gasteiger partial charge in [0, 0.05) is 39.2 Å². The number of fused-ring (bicyclic) bond motifs is 3. The maximum atomic E-state index is 11.1. The Kier molecular flexibility index (Phi) is 6.20. The van der Waals surface area contributed by atoms with Crippen LogP contribution in [0.2, 0.25) is 5.02 Å². The molecule has 2 N–H and O–H groups in total. The molecule has 7 heteroatoms. The first-order valence-electron chi connectivity index (χ1n) is 9.95. The quantitative estimate of drug-likeness (QED) is 0.380. The number of hydrogen-bond donors (Lipinski definition) is 2. The van der Waals surface area contributed by atoms with Crippen LogP contribution in [0, 0.1) is 0 Å². The predicted molar refractivity (Wildman–Crippen MR) is 132 cm³/mol. The van der Waals surface area contributed by atoms with E-state index in [1.54, 1.807) is 18.3 Å². The van der Waals surface area contributed by atoms with Crippen molar-refractivity contribution in [1.82, 2.24) is 9.97 Å². The number of aromatic nitrogens is 2. The van der Waals surface area contributed by atoms with Gasteiger partial charge in [-0.05, 0) is 36.4 Å². The normalized spacial score (nSPS) is 11.8. The summed E-state index contributed by atoms with van der Waals surface area (Å²) in [6, 6.07) is 22.1. The number of halogens is 1. The molecule has 0 radical (unpaired) electrons. The number of carbonyl (C=O) groups is 1. The predicted octanol–water partition coefficient (Wildman–Crippen LogP) is 6.23. The van der Waals surface area contributed by atoms with E-state index < -0.39 is 5.97 Å². The Hall–Kier alpha value is -4.03. The summed E-state index contributed by atoms with van der Waals surface area (Å²) in [6.45, 7) is 0.444. The number of aromatic carboxylic acids is 1. The molecular weight excluding hydrogens is 436 g/mol. The summed E-state index contributed by atoms with van der Waals surface area (Å²) in [6.07, 6.45) is 1.77. The maximum absolute atomic E-state index is 11.1. The fraction of sp³-hybridized carbons (Fsp3) is 0.0769. The average Bonchev–Trinajstić information content (AvgIpc) is 2.96. The van der Waals surface area contributed by atoms with Crippen molar-refractivity contribution < 1.29 is 9.90 Å². The van der Waals surface area contributed by atoms with Crippen LogP contribution < -0.4 is 5.32 Å². The van der Waals surface area contributed by atoms with Gasteiger partial charge in [-0.3, -0.25) is 4.99 Å². The van der Waals surface area contributed by atoms with Crippen LogP contribution in [0.15, 0.2) is 84.0 Å². The fourth-order valence-corrected chi connectivity index (χ4v) is 3.82. The Bertz CT molecular complexity index is 1350. The van der Waals surface area contributed by atoms with Gasteiger partial charge in [0.05, 0.1) is 23.5 Å². The SMILES string of the molecule is C.O=C(O)c1ccc(Nc2ncc3c(n2)-c2ccc(Cl)cc2C(c2ccccc2)=NC3)cc1. The van der Waals surface area contributed by atoms with Gasteiger partial charge in [-0.1, -0.05) is 55.4 Å². The molecule has 3 aromatic carbocycles. The summed E-state index contributed by atoms with van der Waals surface area (Å²) in [7, 11) is 0. The molecule has 4 aromatic rings. The van der Waals surface area contributed by atoms with Gasteiger partial charge in [0.15, 0.2) is 0 Å². The first kappa shape index (κ1) is 22.2. The van der Waals surface area contributed by atoms with Crippen LogP contribution in [0.25, 0.3) is 11.3 Å². The zero-order valence-electron chi connectivity index (χ0n) is 16.8. The molecule has 0 unspecified atom stereocenters. The van der Waals surface area contributed by atoms with Crippen LogP contribution in [0.5, 0.6) is 0 Å². The number of benzene rings is 3. The number of hydrogen-bond acceptors (Lipinski definition) is 5. The molecule has 1 aromatic heterocycles. The van der Waals surface area contributed by atoms with Crippen molar-refractivity contribution in [2.45, 2.75) is 14.0 Å². The molecule has 164 valence electrons. The van der Waals surface area contributed by atoms with Crippen molar-refractivity contribution in [2.75, 3.05) is 5.32 Å². The first-order chi connectivity index (χ1) is 15.6. The van der Waals surface area contributed by atoms with Crippen molar-refractivity contribution >= 4 is 34.9 Å². The standard InChI is InChI=1S/C25H17ClN4O2.CH4/c26-18-8-11-20-21(12-18)22(15-4-2-1-3-5-15)27-13-17-14-28-25(30-23(17)20)29-19-9-6-16(7-10-19)24(31)32;/h1-12,14H,13H2,(H,31,32)(H,28,29,30);1H4. The summed E-state index contributed by atoms with van der Waals surface area (Å²) in [5.74, 6) is -0.557. The summed E-state index contributed by atoms with van der Waals surface area (Å²) in [5.41, 5.74) is 6.32. The summed E-state index contributed by atoms with van der Waals surface area (Å²) in [5, 5.41) is 12.8. The van der Waals surface area contributed by atoms with Crippen LogP contribution in [0.1, 0.15) is 34.5 Å².